The highest BCUT2D eigenvalue weighted by atomic mass is 16.3. The molecule has 2 rings (SSSR count). The summed E-state index contributed by atoms with van der Waals surface area (Å²) in [5.41, 5.74) is 0.762. The van der Waals surface area contributed by atoms with Crippen molar-refractivity contribution < 1.29 is 9.90 Å². The number of fused-ring (bicyclic) bond motifs is 1. The number of amides is 1. The van der Waals surface area contributed by atoms with E-state index in [1.807, 2.05) is 18.2 Å². The van der Waals surface area contributed by atoms with Crippen molar-refractivity contribution in [3.8, 4) is 5.75 Å². The number of nitrogens with one attached hydrogen (secondary N) is 1. The van der Waals surface area contributed by atoms with E-state index in [0.29, 0.717) is 17.6 Å². The maximum Gasteiger partial charge on any atom is 0.255 e. The van der Waals surface area contributed by atoms with E-state index in [1.165, 1.54) is 38.5 Å². The molecule has 0 saturated carbocycles. The number of phenols is 1. The van der Waals surface area contributed by atoms with E-state index in [1.54, 1.807) is 12.3 Å². The Hall–Kier alpha value is -2.10. The van der Waals surface area contributed by atoms with Crippen molar-refractivity contribution in [3.63, 3.8) is 0 Å². The molecule has 138 valence electrons. The molecule has 0 atom stereocenters. The molecule has 25 heavy (non-hydrogen) atoms. The number of aromatic hydroxyl groups is 1. The number of nitrogens with zero attached hydrogens (tertiary/aromatic N) is 1. The average Bonchev–Trinajstić information content (AvgIpc) is 2.60. The average molecular weight is 344 g/mol. The minimum atomic E-state index is -0.233. The summed E-state index contributed by atoms with van der Waals surface area (Å²) in [6.45, 7) is 2.87. The fraction of sp³-hybridized carbons (Fsp3) is 0.524. The van der Waals surface area contributed by atoms with Crippen LogP contribution in [0.25, 0.3) is 10.9 Å². The van der Waals surface area contributed by atoms with Crippen molar-refractivity contribution in [3.05, 3.63) is 36.0 Å². The van der Waals surface area contributed by atoms with Crippen LogP contribution in [0.1, 0.15) is 76.1 Å². The summed E-state index contributed by atoms with van der Waals surface area (Å²) < 4.78 is 0. The second-order valence-electron chi connectivity index (χ2n) is 6.27. The number of benzene rings is 1. The number of carbonyl (C=O) groups excluding carboxylic acids is 1. The van der Waals surface area contributed by atoms with Gasteiger partial charge in [0.25, 0.3) is 5.91 Å². The molecule has 4 heteroatoms. The van der Waals surface area contributed by atoms with Gasteiger partial charge in [0.1, 0.15) is 5.52 Å². The molecule has 0 radical (unpaired) electrons. The molecule has 0 fully saturated rings. The molecule has 1 heterocycles. The molecule has 0 spiro atoms. The van der Waals surface area contributed by atoms with Gasteiger partial charge in [0.2, 0.25) is 0 Å². The van der Waals surface area contributed by atoms with Gasteiger partial charge in [-0.25, -0.2) is 0 Å². The predicted octanol–water partition coefficient (Wildman–Crippen LogP) is 5.45. The van der Waals surface area contributed by atoms with E-state index in [2.05, 4.69) is 17.2 Å². The monoisotopic (exact) mass is 344 g/mol. The third-order valence-corrected chi connectivity index (χ3v) is 4.31. The highest BCUT2D eigenvalue weighted by Crippen LogP contribution is 2.26. The van der Waals surface area contributed by atoms with Gasteiger partial charge in [-0.3, -0.25) is 9.78 Å². The van der Waals surface area contributed by atoms with Gasteiger partial charge in [0.15, 0.2) is 5.75 Å². The lowest BCUT2D eigenvalue weighted by Crippen LogP contribution is -2.24. The minimum absolute atomic E-state index is 0. The van der Waals surface area contributed by atoms with Gasteiger partial charge < -0.3 is 10.4 Å². The zero-order valence-electron chi connectivity index (χ0n) is 14.6. The predicted molar refractivity (Wildman–Crippen MR) is 105 cm³/mol. The maximum atomic E-state index is 12.2. The fourth-order valence-electron chi connectivity index (χ4n) is 2.87. The number of carbonyl (C=O) groups is 1. The van der Waals surface area contributed by atoms with Crippen molar-refractivity contribution >= 4 is 16.8 Å². The van der Waals surface area contributed by atoms with Crippen LogP contribution >= 0.6 is 0 Å². The molecule has 4 nitrogen and oxygen atoms in total. The first-order chi connectivity index (χ1) is 11.7. The molecule has 1 aromatic heterocycles. The van der Waals surface area contributed by atoms with Gasteiger partial charge in [-0.15, -0.1) is 0 Å². The van der Waals surface area contributed by atoms with Crippen molar-refractivity contribution in [2.24, 2.45) is 0 Å². The van der Waals surface area contributed by atoms with E-state index in [-0.39, 0.29) is 19.1 Å². The molecule has 0 aliphatic rings. The van der Waals surface area contributed by atoms with E-state index in [0.717, 1.165) is 18.2 Å². The first kappa shape index (κ1) is 20.9. The smallest absolute Gasteiger partial charge is 0.255 e. The van der Waals surface area contributed by atoms with Crippen molar-refractivity contribution in [1.29, 1.82) is 0 Å². The number of rotatable bonds is 10. The van der Waals surface area contributed by atoms with Crippen LogP contribution in [0.5, 0.6) is 5.75 Å². The number of pyridine rings is 1. The molecule has 0 aliphatic heterocycles. The van der Waals surface area contributed by atoms with Gasteiger partial charge in [-0.2, -0.15) is 0 Å². The zero-order chi connectivity index (χ0) is 17.2. The number of hydrogen-bond acceptors (Lipinski definition) is 3. The SMILES string of the molecule is C.CCCCCCCCCCNC(=O)c1ccc2cccnc2c1O. The van der Waals surface area contributed by atoms with Crippen LogP contribution in [0.3, 0.4) is 0 Å². The van der Waals surface area contributed by atoms with Gasteiger partial charge >= 0.3 is 0 Å². The molecule has 0 unspecified atom stereocenters. The molecule has 0 aliphatic carbocycles. The minimum Gasteiger partial charge on any atom is -0.505 e. The van der Waals surface area contributed by atoms with Gasteiger partial charge in [-0.1, -0.05) is 71.4 Å². The Morgan fingerprint density at radius 2 is 1.72 bits per heavy atom. The maximum absolute atomic E-state index is 12.2. The van der Waals surface area contributed by atoms with Crippen LogP contribution in [0.15, 0.2) is 30.5 Å². The molecule has 2 N–H and O–H groups in total. The Balaban J connectivity index is 0.00000312. The number of phenolic OH excluding ortho intramolecular Hbond substituents is 1. The quantitative estimate of drug-likeness (QED) is 0.564. The molecule has 2 aromatic rings. The van der Waals surface area contributed by atoms with Crippen LogP contribution in [0.4, 0.5) is 0 Å². The van der Waals surface area contributed by atoms with Crippen LogP contribution < -0.4 is 5.32 Å². The summed E-state index contributed by atoms with van der Waals surface area (Å²) in [5.74, 6) is -0.274. The Labute approximate surface area is 151 Å². The Bertz CT molecular complexity index is 655. The molecule has 0 saturated heterocycles. The van der Waals surface area contributed by atoms with E-state index in [4.69, 9.17) is 0 Å². The summed E-state index contributed by atoms with van der Waals surface area (Å²) in [4.78, 5) is 16.4. The van der Waals surface area contributed by atoms with Crippen molar-refractivity contribution in [1.82, 2.24) is 10.3 Å². The van der Waals surface area contributed by atoms with E-state index < -0.39 is 0 Å². The third-order valence-electron chi connectivity index (χ3n) is 4.31. The lowest BCUT2D eigenvalue weighted by Gasteiger charge is -2.08. The summed E-state index contributed by atoms with van der Waals surface area (Å²) >= 11 is 0. The van der Waals surface area contributed by atoms with Gasteiger partial charge in [0, 0.05) is 18.1 Å². The molecular formula is C21H32N2O2. The Morgan fingerprint density at radius 3 is 2.44 bits per heavy atom. The Kier molecular flexibility index (Phi) is 9.60. The van der Waals surface area contributed by atoms with Crippen molar-refractivity contribution in [2.45, 2.75) is 65.7 Å². The standard InChI is InChI=1S/C20H28N2O2.CH4/c1-2-3-4-5-6-7-8-9-14-22-20(24)17-13-12-16-11-10-15-21-18(16)19(17)23;/h10-13,15,23H,2-9,14H2,1H3,(H,22,24);1H4. The second kappa shape index (κ2) is 11.5. The van der Waals surface area contributed by atoms with E-state index in [9.17, 15) is 9.90 Å². The summed E-state index contributed by atoms with van der Waals surface area (Å²) in [5, 5.41) is 14.0. The van der Waals surface area contributed by atoms with Gasteiger partial charge in [-0.05, 0) is 18.6 Å². The fourth-order valence-corrected chi connectivity index (χ4v) is 2.87. The highest BCUT2D eigenvalue weighted by molar-refractivity contribution is 6.02. The lowest BCUT2D eigenvalue weighted by atomic mass is 10.1. The summed E-state index contributed by atoms with van der Waals surface area (Å²) in [6.07, 6.45) is 11.5. The number of unbranched alkanes of at least 4 members (excludes halogenated alkanes) is 7. The van der Waals surface area contributed by atoms with Gasteiger partial charge in [0.05, 0.1) is 5.56 Å². The number of hydrogen-bond donors (Lipinski definition) is 2. The second-order valence-corrected chi connectivity index (χ2v) is 6.27. The third kappa shape index (κ3) is 6.37. The molecule has 1 aromatic carbocycles. The summed E-state index contributed by atoms with van der Waals surface area (Å²) in [7, 11) is 0. The molecular weight excluding hydrogens is 312 g/mol. The lowest BCUT2D eigenvalue weighted by molar-refractivity contribution is 0.0950. The van der Waals surface area contributed by atoms with Crippen LogP contribution in [-0.4, -0.2) is 22.5 Å². The normalized spacial score (nSPS) is 10.4. The van der Waals surface area contributed by atoms with Crippen LogP contribution in [0.2, 0.25) is 0 Å². The summed E-state index contributed by atoms with van der Waals surface area (Å²) in [6, 6.07) is 7.14. The first-order valence-electron chi connectivity index (χ1n) is 9.09. The zero-order valence-corrected chi connectivity index (χ0v) is 14.6. The highest BCUT2D eigenvalue weighted by Gasteiger charge is 2.13. The molecule has 0 bridgehead atoms. The molecule has 1 amide bonds. The largest absolute Gasteiger partial charge is 0.505 e. The topological polar surface area (TPSA) is 62.2 Å². The van der Waals surface area contributed by atoms with Crippen LogP contribution in [0, 0.1) is 0 Å². The first-order valence-corrected chi connectivity index (χ1v) is 9.09. The number of aromatic nitrogens is 1. The van der Waals surface area contributed by atoms with Crippen molar-refractivity contribution in [2.75, 3.05) is 6.54 Å². The van der Waals surface area contributed by atoms with E-state index >= 15 is 0 Å². The Morgan fingerprint density at radius 1 is 1.04 bits per heavy atom. The van der Waals surface area contributed by atoms with Crippen LogP contribution in [-0.2, 0) is 0 Å².